The number of hydrogen-bond donors (Lipinski definition) is 0. The predicted molar refractivity (Wildman–Crippen MR) is 31.2 cm³/mol. The summed E-state index contributed by atoms with van der Waals surface area (Å²) in [4.78, 5) is 10.5. The van der Waals surface area contributed by atoms with E-state index in [0.717, 1.165) is 6.42 Å². The van der Waals surface area contributed by atoms with E-state index in [1.165, 1.54) is 6.21 Å². The van der Waals surface area contributed by atoms with Crippen molar-refractivity contribution in [3.63, 3.8) is 0 Å². The first kappa shape index (κ1) is 5.15. The number of carbonyl (C=O) groups is 1. The Hall–Kier alpha value is -0.990. The van der Waals surface area contributed by atoms with Crippen molar-refractivity contribution in [3.05, 3.63) is 0 Å². The van der Waals surface area contributed by atoms with Crippen LogP contribution >= 0.6 is 0 Å². The summed E-state index contributed by atoms with van der Waals surface area (Å²) in [6.07, 6.45) is 4.16. The van der Waals surface area contributed by atoms with Crippen LogP contribution in [0.2, 0.25) is 0 Å². The number of carbonyl (C=O) groups excluding carboxylic acids is 1. The van der Waals surface area contributed by atoms with Crippen molar-refractivity contribution >= 4 is 18.2 Å². The second-order valence-corrected chi connectivity index (χ2v) is 1.55. The summed E-state index contributed by atoms with van der Waals surface area (Å²) >= 11 is 0. The molecular weight excluding hydrogens is 104 g/mol. The summed E-state index contributed by atoms with van der Waals surface area (Å²) < 4.78 is 0. The molecule has 0 spiro atoms. The number of nitrogens with zero attached hydrogens (tertiary/aromatic N) is 2. The van der Waals surface area contributed by atoms with Crippen LogP contribution in [0.5, 0.6) is 0 Å². The lowest BCUT2D eigenvalue weighted by molar-refractivity contribution is -0.112. The largest absolute Gasteiger partial charge is 0.293 e. The highest BCUT2D eigenvalue weighted by Crippen LogP contribution is 1.89. The van der Waals surface area contributed by atoms with Crippen molar-refractivity contribution in [2.24, 2.45) is 10.2 Å². The van der Waals surface area contributed by atoms with E-state index in [0.29, 0.717) is 6.42 Å². The van der Waals surface area contributed by atoms with E-state index in [9.17, 15) is 4.79 Å². The summed E-state index contributed by atoms with van der Waals surface area (Å²) in [5, 5.41) is 6.99. The number of hydrogen-bond acceptors (Lipinski definition) is 3. The van der Waals surface area contributed by atoms with Crippen molar-refractivity contribution in [3.8, 4) is 0 Å². The molecule has 0 saturated carbocycles. The molecule has 42 valence electrons. The molecule has 0 aliphatic carbocycles. The van der Waals surface area contributed by atoms with Crippen molar-refractivity contribution < 1.29 is 4.79 Å². The molecule has 8 heavy (non-hydrogen) atoms. The lowest BCUT2D eigenvalue weighted by Crippen LogP contribution is -1.95. The Morgan fingerprint density at radius 1 is 1.50 bits per heavy atom. The van der Waals surface area contributed by atoms with Crippen LogP contribution in [0.25, 0.3) is 0 Å². The number of ketones is 1. The molecule has 0 aromatic carbocycles. The lowest BCUT2D eigenvalue weighted by Gasteiger charge is -1.79. The van der Waals surface area contributed by atoms with Crippen LogP contribution in [-0.2, 0) is 4.79 Å². The van der Waals surface area contributed by atoms with Gasteiger partial charge in [-0.05, 0) is 6.42 Å². The van der Waals surface area contributed by atoms with Crippen LogP contribution < -0.4 is 0 Å². The first-order valence-corrected chi connectivity index (χ1v) is 2.47. The molecule has 0 bridgehead atoms. The standard InChI is InChI=1S/C5H6N2O/c8-5-2-1-3-6-7-4-5/h3-4H,1-2H2. The fourth-order valence-corrected chi connectivity index (χ4v) is 0.474. The van der Waals surface area contributed by atoms with Crippen LogP contribution in [-0.4, -0.2) is 18.2 Å². The van der Waals surface area contributed by atoms with Crippen LogP contribution in [0.1, 0.15) is 12.8 Å². The van der Waals surface area contributed by atoms with Gasteiger partial charge < -0.3 is 0 Å². The Bertz CT molecular complexity index is 149. The molecule has 0 saturated heterocycles. The van der Waals surface area contributed by atoms with E-state index < -0.39 is 0 Å². The Labute approximate surface area is 47.1 Å². The molecule has 0 fully saturated rings. The molecule has 0 aromatic rings. The Balaban J connectivity index is 2.58. The van der Waals surface area contributed by atoms with Gasteiger partial charge in [-0.25, -0.2) is 0 Å². The quantitative estimate of drug-likeness (QED) is 0.445. The third-order valence-electron chi connectivity index (χ3n) is 0.870. The summed E-state index contributed by atoms with van der Waals surface area (Å²) in [6.45, 7) is 0. The van der Waals surface area contributed by atoms with Gasteiger partial charge >= 0.3 is 0 Å². The Kier molecular flexibility index (Phi) is 1.51. The van der Waals surface area contributed by atoms with Crippen molar-refractivity contribution in [2.75, 3.05) is 0 Å². The van der Waals surface area contributed by atoms with Crippen LogP contribution in [0.4, 0.5) is 0 Å². The average molecular weight is 110 g/mol. The molecule has 1 heterocycles. The molecule has 3 nitrogen and oxygen atoms in total. The van der Waals surface area contributed by atoms with Crippen molar-refractivity contribution in [2.45, 2.75) is 12.8 Å². The zero-order valence-corrected chi connectivity index (χ0v) is 4.37. The second-order valence-electron chi connectivity index (χ2n) is 1.55. The molecule has 0 unspecified atom stereocenters. The third kappa shape index (κ3) is 1.26. The van der Waals surface area contributed by atoms with Gasteiger partial charge in [-0.15, -0.1) is 0 Å². The fourth-order valence-electron chi connectivity index (χ4n) is 0.474. The summed E-state index contributed by atoms with van der Waals surface area (Å²) in [7, 11) is 0. The smallest absolute Gasteiger partial charge is 0.176 e. The summed E-state index contributed by atoms with van der Waals surface area (Å²) in [6, 6.07) is 0. The van der Waals surface area contributed by atoms with Crippen LogP contribution in [0, 0.1) is 0 Å². The molecule has 0 amide bonds. The van der Waals surface area contributed by atoms with E-state index in [2.05, 4.69) is 10.2 Å². The van der Waals surface area contributed by atoms with Crippen LogP contribution in [0.15, 0.2) is 10.2 Å². The van der Waals surface area contributed by atoms with Gasteiger partial charge in [0.2, 0.25) is 0 Å². The van der Waals surface area contributed by atoms with E-state index in [1.54, 1.807) is 6.21 Å². The van der Waals surface area contributed by atoms with E-state index in [-0.39, 0.29) is 5.78 Å². The predicted octanol–water partition coefficient (Wildman–Crippen LogP) is 0.406. The van der Waals surface area contributed by atoms with Crippen molar-refractivity contribution in [1.29, 1.82) is 0 Å². The fraction of sp³-hybridized carbons (Fsp3) is 0.400. The van der Waals surface area contributed by atoms with Gasteiger partial charge in [-0.1, -0.05) is 0 Å². The topological polar surface area (TPSA) is 41.8 Å². The zero-order valence-electron chi connectivity index (χ0n) is 4.37. The maximum absolute atomic E-state index is 10.5. The number of rotatable bonds is 0. The van der Waals surface area contributed by atoms with Crippen LogP contribution in [0.3, 0.4) is 0 Å². The van der Waals surface area contributed by atoms with Gasteiger partial charge in [0.05, 0.1) is 6.21 Å². The first-order chi connectivity index (χ1) is 3.89. The Morgan fingerprint density at radius 2 is 2.38 bits per heavy atom. The molecule has 1 rings (SSSR count). The molecule has 0 N–H and O–H groups in total. The highest BCUT2D eigenvalue weighted by molar-refractivity contribution is 6.27. The minimum Gasteiger partial charge on any atom is -0.293 e. The van der Waals surface area contributed by atoms with E-state index in [4.69, 9.17) is 0 Å². The van der Waals surface area contributed by atoms with Gasteiger partial charge in [0, 0.05) is 12.6 Å². The maximum Gasteiger partial charge on any atom is 0.176 e. The number of Topliss-reactive ketones (excluding diaryl/α,β-unsaturated/α-hetero) is 1. The molecule has 0 aromatic heterocycles. The zero-order chi connectivity index (χ0) is 5.82. The Morgan fingerprint density at radius 3 is 3.25 bits per heavy atom. The molecule has 0 atom stereocenters. The third-order valence-corrected chi connectivity index (χ3v) is 0.870. The molecular formula is C5H6N2O. The van der Waals surface area contributed by atoms with E-state index >= 15 is 0 Å². The molecule has 0 radical (unpaired) electrons. The van der Waals surface area contributed by atoms with Gasteiger partial charge in [0.15, 0.2) is 5.78 Å². The minimum absolute atomic E-state index is 0.0579. The average Bonchev–Trinajstić information content (AvgIpc) is 1.94. The van der Waals surface area contributed by atoms with Gasteiger partial charge in [-0.2, -0.15) is 10.2 Å². The maximum atomic E-state index is 10.5. The SMILES string of the molecule is O=C1C=NN=CCC1. The van der Waals surface area contributed by atoms with Gasteiger partial charge in [0.25, 0.3) is 0 Å². The minimum atomic E-state index is 0.0579. The first-order valence-electron chi connectivity index (χ1n) is 2.47. The molecule has 1 aliphatic heterocycles. The highest BCUT2D eigenvalue weighted by Gasteiger charge is 1.96. The highest BCUT2D eigenvalue weighted by atomic mass is 16.1. The second kappa shape index (κ2) is 2.35. The van der Waals surface area contributed by atoms with E-state index in [1.807, 2.05) is 0 Å². The summed E-state index contributed by atoms with van der Waals surface area (Å²) in [5.74, 6) is 0.0579. The molecule has 3 heteroatoms. The summed E-state index contributed by atoms with van der Waals surface area (Å²) in [5.41, 5.74) is 0. The lowest BCUT2D eigenvalue weighted by atomic mass is 10.2. The van der Waals surface area contributed by atoms with Gasteiger partial charge in [-0.3, -0.25) is 4.79 Å². The van der Waals surface area contributed by atoms with Gasteiger partial charge in [0.1, 0.15) is 0 Å². The van der Waals surface area contributed by atoms with Crippen molar-refractivity contribution in [1.82, 2.24) is 0 Å². The normalized spacial score (nSPS) is 18.8. The molecule has 1 aliphatic rings. The monoisotopic (exact) mass is 110 g/mol.